The standard InChI is InChI=1S/C10H21NO3/c1-10(2,3)7-8(11-4)9(13)14-6-5-12/h8,11-12H,5-7H2,1-4H3. The Balaban J connectivity index is 4.06. The van der Waals surface area contributed by atoms with Crippen molar-refractivity contribution < 1.29 is 14.6 Å². The van der Waals surface area contributed by atoms with Crippen LogP contribution in [0.5, 0.6) is 0 Å². The quantitative estimate of drug-likeness (QED) is 0.640. The van der Waals surface area contributed by atoms with Crippen LogP contribution in [-0.2, 0) is 9.53 Å². The van der Waals surface area contributed by atoms with E-state index in [1.54, 1.807) is 7.05 Å². The number of aliphatic hydroxyl groups excluding tert-OH is 1. The number of nitrogens with one attached hydrogen (secondary N) is 1. The van der Waals surface area contributed by atoms with Crippen LogP contribution in [0.3, 0.4) is 0 Å². The zero-order valence-electron chi connectivity index (χ0n) is 9.46. The lowest BCUT2D eigenvalue weighted by Gasteiger charge is -2.24. The first kappa shape index (κ1) is 13.4. The molecule has 84 valence electrons. The molecule has 0 spiro atoms. The third kappa shape index (κ3) is 5.94. The molecule has 0 fully saturated rings. The van der Waals surface area contributed by atoms with Gasteiger partial charge in [0.25, 0.3) is 0 Å². The number of esters is 1. The Labute approximate surface area is 85.6 Å². The van der Waals surface area contributed by atoms with Crippen LogP contribution < -0.4 is 5.32 Å². The molecule has 14 heavy (non-hydrogen) atoms. The topological polar surface area (TPSA) is 58.6 Å². The van der Waals surface area contributed by atoms with Gasteiger partial charge in [-0.25, -0.2) is 0 Å². The van der Waals surface area contributed by atoms with Crippen LogP contribution in [0, 0.1) is 5.41 Å². The summed E-state index contributed by atoms with van der Waals surface area (Å²) < 4.78 is 4.84. The number of rotatable bonds is 5. The van der Waals surface area contributed by atoms with Gasteiger partial charge in [0, 0.05) is 0 Å². The lowest BCUT2D eigenvalue weighted by Crippen LogP contribution is -2.39. The average Bonchev–Trinajstić information content (AvgIpc) is 2.08. The number of hydrogen-bond donors (Lipinski definition) is 2. The first-order chi connectivity index (χ1) is 6.40. The molecule has 0 rings (SSSR count). The van der Waals surface area contributed by atoms with Gasteiger partial charge in [-0.3, -0.25) is 4.79 Å². The second kappa shape index (κ2) is 5.98. The van der Waals surface area contributed by atoms with Crippen LogP contribution >= 0.6 is 0 Å². The monoisotopic (exact) mass is 203 g/mol. The molecular formula is C10H21NO3. The summed E-state index contributed by atoms with van der Waals surface area (Å²) in [7, 11) is 1.73. The van der Waals surface area contributed by atoms with Crippen LogP contribution in [-0.4, -0.2) is 37.4 Å². The molecule has 0 aromatic carbocycles. The third-order valence-electron chi connectivity index (χ3n) is 1.79. The van der Waals surface area contributed by atoms with E-state index in [4.69, 9.17) is 9.84 Å². The molecule has 0 bridgehead atoms. The Kier molecular flexibility index (Phi) is 5.72. The largest absolute Gasteiger partial charge is 0.462 e. The summed E-state index contributed by atoms with van der Waals surface area (Å²) in [6, 6.07) is -0.290. The van der Waals surface area contributed by atoms with Crippen molar-refractivity contribution >= 4 is 5.97 Å². The van der Waals surface area contributed by atoms with E-state index in [0.29, 0.717) is 6.42 Å². The molecule has 0 aromatic rings. The molecule has 0 saturated carbocycles. The Bertz CT molecular complexity index is 175. The number of aliphatic hydroxyl groups is 1. The highest BCUT2D eigenvalue weighted by atomic mass is 16.5. The molecule has 4 heteroatoms. The maximum Gasteiger partial charge on any atom is 0.323 e. The first-order valence-corrected chi connectivity index (χ1v) is 4.85. The smallest absolute Gasteiger partial charge is 0.323 e. The highest BCUT2D eigenvalue weighted by Gasteiger charge is 2.24. The van der Waals surface area contributed by atoms with Crippen molar-refractivity contribution in [2.24, 2.45) is 5.41 Å². The maximum absolute atomic E-state index is 11.4. The van der Waals surface area contributed by atoms with Crippen molar-refractivity contribution in [3.8, 4) is 0 Å². The van der Waals surface area contributed by atoms with E-state index in [9.17, 15) is 4.79 Å². The predicted molar refractivity (Wildman–Crippen MR) is 55.0 cm³/mol. The zero-order chi connectivity index (χ0) is 11.2. The van der Waals surface area contributed by atoms with Gasteiger partial charge in [-0.1, -0.05) is 20.8 Å². The van der Waals surface area contributed by atoms with E-state index in [2.05, 4.69) is 26.1 Å². The van der Waals surface area contributed by atoms with Crippen LogP contribution in [0.25, 0.3) is 0 Å². The summed E-state index contributed by atoms with van der Waals surface area (Å²) in [5.74, 6) is -0.295. The van der Waals surface area contributed by atoms with Gasteiger partial charge in [0.1, 0.15) is 12.6 Å². The van der Waals surface area contributed by atoms with E-state index < -0.39 is 0 Å². The molecule has 0 radical (unpaired) electrons. The van der Waals surface area contributed by atoms with Gasteiger partial charge >= 0.3 is 5.97 Å². The second-order valence-corrected chi connectivity index (χ2v) is 4.50. The van der Waals surface area contributed by atoms with Crippen LogP contribution in [0.2, 0.25) is 0 Å². The molecule has 1 unspecified atom stereocenters. The summed E-state index contributed by atoms with van der Waals surface area (Å²) >= 11 is 0. The van der Waals surface area contributed by atoms with Gasteiger partial charge in [-0.15, -0.1) is 0 Å². The molecule has 0 amide bonds. The van der Waals surface area contributed by atoms with E-state index >= 15 is 0 Å². The molecule has 0 heterocycles. The Morgan fingerprint density at radius 3 is 2.43 bits per heavy atom. The molecule has 0 aliphatic heterocycles. The number of hydrogen-bond acceptors (Lipinski definition) is 4. The minimum absolute atomic E-state index is 0.0706. The molecule has 1 atom stereocenters. The van der Waals surface area contributed by atoms with E-state index in [1.165, 1.54) is 0 Å². The first-order valence-electron chi connectivity index (χ1n) is 4.85. The fourth-order valence-electron chi connectivity index (χ4n) is 1.16. The van der Waals surface area contributed by atoms with Gasteiger partial charge in [0.05, 0.1) is 6.61 Å². The molecule has 0 aromatic heterocycles. The summed E-state index contributed by atoms with van der Waals surface area (Å²) in [5, 5.41) is 11.4. The van der Waals surface area contributed by atoms with Gasteiger partial charge in [0.15, 0.2) is 0 Å². The van der Waals surface area contributed by atoms with Crippen molar-refractivity contribution in [1.29, 1.82) is 0 Å². The van der Waals surface area contributed by atoms with Crippen molar-refractivity contribution in [1.82, 2.24) is 5.32 Å². The third-order valence-corrected chi connectivity index (χ3v) is 1.79. The van der Waals surface area contributed by atoms with E-state index in [0.717, 1.165) is 0 Å². The van der Waals surface area contributed by atoms with E-state index in [-0.39, 0.29) is 30.6 Å². The lowest BCUT2D eigenvalue weighted by atomic mass is 9.88. The Morgan fingerprint density at radius 1 is 1.50 bits per heavy atom. The molecule has 0 saturated heterocycles. The summed E-state index contributed by atoms with van der Waals surface area (Å²) in [6.07, 6.45) is 0.716. The predicted octanol–water partition coefficient (Wildman–Crippen LogP) is 0.546. The maximum atomic E-state index is 11.4. The van der Waals surface area contributed by atoms with Crippen LogP contribution in [0.4, 0.5) is 0 Å². The van der Waals surface area contributed by atoms with Gasteiger partial charge in [-0.2, -0.15) is 0 Å². The minimum atomic E-state index is -0.295. The number of likely N-dealkylation sites (N-methyl/N-ethyl adjacent to an activating group) is 1. The molecule has 0 aliphatic carbocycles. The number of ether oxygens (including phenoxy) is 1. The normalized spacial score (nSPS) is 13.8. The summed E-state index contributed by atoms with van der Waals surface area (Å²) in [4.78, 5) is 11.4. The minimum Gasteiger partial charge on any atom is -0.462 e. The lowest BCUT2D eigenvalue weighted by molar-refractivity contribution is -0.147. The SMILES string of the molecule is CNC(CC(C)(C)C)C(=O)OCCO. The Morgan fingerprint density at radius 2 is 2.07 bits per heavy atom. The highest BCUT2D eigenvalue weighted by molar-refractivity contribution is 5.75. The van der Waals surface area contributed by atoms with Crippen LogP contribution in [0.15, 0.2) is 0 Å². The van der Waals surface area contributed by atoms with Gasteiger partial charge in [-0.05, 0) is 18.9 Å². The number of carbonyl (C=O) groups excluding carboxylic acids is 1. The van der Waals surface area contributed by atoms with Crippen molar-refractivity contribution in [3.63, 3.8) is 0 Å². The van der Waals surface area contributed by atoms with Crippen molar-refractivity contribution in [3.05, 3.63) is 0 Å². The average molecular weight is 203 g/mol. The van der Waals surface area contributed by atoms with Crippen molar-refractivity contribution in [2.75, 3.05) is 20.3 Å². The Hall–Kier alpha value is -0.610. The van der Waals surface area contributed by atoms with E-state index in [1.807, 2.05) is 0 Å². The molecule has 0 aliphatic rings. The highest BCUT2D eigenvalue weighted by Crippen LogP contribution is 2.21. The summed E-state index contributed by atoms with van der Waals surface area (Å²) in [6.45, 7) is 6.14. The summed E-state index contributed by atoms with van der Waals surface area (Å²) in [5.41, 5.74) is 0.0753. The fourth-order valence-corrected chi connectivity index (χ4v) is 1.16. The zero-order valence-corrected chi connectivity index (χ0v) is 9.46. The number of carbonyl (C=O) groups is 1. The fraction of sp³-hybridized carbons (Fsp3) is 0.900. The molecule has 4 nitrogen and oxygen atoms in total. The van der Waals surface area contributed by atoms with Crippen LogP contribution in [0.1, 0.15) is 27.2 Å². The molecule has 2 N–H and O–H groups in total. The molecular weight excluding hydrogens is 182 g/mol. The van der Waals surface area contributed by atoms with Gasteiger partial charge in [0.2, 0.25) is 0 Å². The van der Waals surface area contributed by atoms with Gasteiger partial charge < -0.3 is 15.2 Å². The second-order valence-electron chi connectivity index (χ2n) is 4.50. The van der Waals surface area contributed by atoms with Crippen molar-refractivity contribution in [2.45, 2.75) is 33.2 Å².